The van der Waals surface area contributed by atoms with Crippen LogP contribution in [0.5, 0.6) is 0 Å². The Morgan fingerprint density at radius 3 is 3.23 bits per heavy atom. The van der Waals surface area contributed by atoms with E-state index < -0.39 is 0 Å². The summed E-state index contributed by atoms with van der Waals surface area (Å²) in [4.78, 5) is 0. The van der Waals surface area contributed by atoms with Crippen molar-refractivity contribution in [1.82, 2.24) is 0 Å². The minimum absolute atomic E-state index is 0.799. The molecule has 3 rings (SSSR count). The lowest BCUT2D eigenvalue weighted by atomic mass is 9.74. The molecule has 67 valence electrons. The molecule has 0 nitrogen and oxygen atoms in total. The molecule has 1 atom stereocenters. The maximum Gasteiger partial charge on any atom is 0.00927 e. The molecule has 0 heteroatoms. The van der Waals surface area contributed by atoms with Crippen LogP contribution in [-0.4, -0.2) is 0 Å². The molecule has 1 radical (unpaired) electrons. The highest BCUT2D eigenvalue weighted by Gasteiger charge is 2.27. The number of fused-ring (bicyclic) bond motifs is 2. The second-order valence-electron chi connectivity index (χ2n) is 4.29. The van der Waals surface area contributed by atoms with E-state index in [1.165, 1.54) is 32.1 Å². The first kappa shape index (κ1) is 7.61. The molecule has 0 bridgehead atoms. The minimum Gasteiger partial charge on any atom is -0.0803 e. The average molecular weight is 171 g/mol. The van der Waals surface area contributed by atoms with Crippen molar-refractivity contribution in [2.24, 2.45) is 5.92 Å². The van der Waals surface area contributed by atoms with Crippen molar-refractivity contribution in [3.63, 3.8) is 0 Å². The summed E-state index contributed by atoms with van der Waals surface area (Å²) in [6.45, 7) is 0. The summed E-state index contributed by atoms with van der Waals surface area (Å²) in [7, 11) is 0. The van der Waals surface area contributed by atoms with Crippen LogP contribution < -0.4 is 0 Å². The zero-order valence-corrected chi connectivity index (χ0v) is 7.92. The van der Waals surface area contributed by atoms with Gasteiger partial charge < -0.3 is 0 Å². The predicted octanol–water partition coefficient (Wildman–Crippen LogP) is 3.58. The number of hydrogen-bond donors (Lipinski definition) is 0. The largest absolute Gasteiger partial charge is 0.0803 e. The number of hydrogen-bond acceptors (Lipinski definition) is 0. The Morgan fingerprint density at radius 1 is 1.23 bits per heavy atom. The lowest BCUT2D eigenvalue weighted by Crippen LogP contribution is -2.16. The van der Waals surface area contributed by atoms with Crippen LogP contribution in [0.2, 0.25) is 0 Å². The van der Waals surface area contributed by atoms with Gasteiger partial charge in [-0.05, 0) is 31.3 Å². The normalized spacial score (nSPS) is 31.4. The van der Waals surface area contributed by atoms with E-state index in [1.807, 2.05) is 0 Å². The van der Waals surface area contributed by atoms with Gasteiger partial charge in [-0.1, -0.05) is 35.8 Å². The third-order valence-electron chi connectivity index (χ3n) is 3.56. The summed E-state index contributed by atoms with van der Waals surface area (Å²) in [6, 6.07) is 0. The van der Waals surface area contributed by atoms with Crippen molar-refractivity contribution in [3.8, 4) is 0 Å². The van der Waals surface area contributed by atoms with Crippen LogP contribution in [0.1, 0.15) is 32.1 Å². The zero-order chi connectivity index (χ0) is 8.67. The third-order valence-corrected chi connectivity index (χ3v) is 3.56. The predicted molar refractivity (Wildman–Crippen MR) is 55.1 cm³/mol. The Morgan fingerprint density at radius 2 is 2.23 bits per heavy atom. The summed E-state index contributed by atoms with van der Waals surface area (Å²) in [5.41, 5.74) is 4.94. The SMILES string of the molecule is [CH]1C=CC2=C1C1CCCCC1=CC2. The fourth-order valence-electron chi connectivity index (χ4n) is 2.87. The summed E-state index contributed by atoms with van der Waals surface area (Å²) < 4.78 is 0. The first-order chi connectivity index (χ1) is 6.45. The van der Waals surface area contributed by atoms with E-state index in [2.05, 4.69) is 24.6 Å². The number of rotatable bonds is 0. The molecule has 0 aliphatic heterocycles. The third kappa shape index (κ3) is 1.12. The highest BCUT2D eigenvalue weighted by Crippen LogP contribution is 2.43. The second-order valence-corrected chi connectivity index (χ2v) is 4.29. The Hall–Kier alpha value is -0.780. The summed E-state index contributed by atoms with van der Waals surface area (Å²) in [5, 5.41) is 0. The smallest absolute Gasteiger partial charge is 0.00927 e. The summed E-state index contributed by atoms with van der Waals surface area (Å²) in [5.74, 6) is 0.799. The van der Waals surface area contributed by atoms with Gasteiger partial charge >= 0.3 is 0 Å². The standard InChI is InChI=1S/C13H15/c1-2-6-12-10(4-1)8-9-11-5-3-7-13(11)12/h3,5,7-8,12H,1-2,4,6,9H2. The van der Waals surface area contributed by atoms with Crippen LogP contribution in [0.4, 0.5) is 0 Å². The molecule has 0 saturated heterocycles. The quantitative estimate of drug-likeness (QED) is 0.489. The van der Waals surface area contributed by atoms with Crippen molar-refractivity contribution in [2.45, 2.75) is 32.1 Å². The molecule has 1 saturated carbocycles. The fourth-order valence-corrected chi connectivity index (χ4v) is 2.87. The van der Waals surface area contributed by atoms with Gasteiger partial charge in [0.2, 0.25) is 0 Å². The maximum atomic E-state index is 2.48. The van der Waals surface area contributed by atoms with Crippen LogP contribution in [-0.2, 0) is 0 Å². The average Bonchev–Trinajstić information content (AvgIpc) is 2.65. The van der Waals surface area contributed by atoms with Crippen molar-refractivity contribution in [2.75, 3.05) is 0 Å². The Bertz CT molecular complexity index is 315. The minimum atomic E-state index is 0.799. The highest BCUT2D eigenvalue weighted by molar-refractivity contribution is 5.50. The Labute approximate surface area is 80.0 Å². The molecule has 1 unspecified atom stereocenters. The van der Waals surface area contributed by atoms with Gasteiger partial charge in [0.15, 0.2) is 0 Å². The molecule has 0 spiro atoms. The van der Waals surface area contributed by atoms with Gasteiger partial charge in [-0.25, -0.2) is 0 Å². The molecule has 0 aromatic carbocycles. The van der Waals surface area contributed by atoms with Crippen LogP contribution in [0.15, 0.2) is 34.9 Å². The van der Waals surface area contributed by atoms with Crippen molar-refractivity contribution in [1.29, 1.82) is 0 Å². The van der Waals surface area contributed by atoms with E-state index in [-0.39, 0.29) is 0 Å². The lowest BCUT2D eigenvalue weighted by Gasteiger charge is -2.30. The van der Waals surface area contributed by atoms with Gasteiger partial charge in [0.25, 0.3) is 0 Å². The van der Waals surface area contributed by atoms with Crippen LogP contribution in [0.3, 0.4) is 0 Å². The zero-order valence-electron chi connectivity index (χ0n) is 7.92. The van der Waals surface area contributed by atoms with Gasteiger partial charge in [0.1, 0.15) is 0 Å². The number of allylic oxidation sites excluding steroid dienone is 6. The van der Waals surface area contributed by atoms with Crippen molar-refractivity contribution >= 4 is 0 Å². The van der Waals surface area contributed by atoms with Crippen LogP contribution in [0, 0.1) is 12.3 Å². The molecular formula is C13H15. The first-order valence-electron chi connectivity index (χ1n) is 5.38. The molecule has 0 aromatic rings. The molecule has 3 aliphatic carbocycles. The van der Waals surface area contributed by atoms with Gasteiger partial charge in [-0.15, -0.1) is 0 Å². The van der Waals surface area contributed by atoms with Crippen LogP contribution >= 0.6 is 0 Å². The van der Waals surface area contributed by atoms with E-state index in [4.69, 9.17) is 0 Å². The van der Waals surface area contributed by atoms with E-state index in [1.54, 1.807) is 16.7 Å². The molecule has 0 heterocycles. The molecule has 13 heavy (non-hydrogen) atoms. The van der Waals surface area contributed by atoms with Gasteiger partial charge in [0.05, 0.1) is 0 Å². The first-order valence-corrected chi connectivity index (χ1v) is 5.38. The van der Waals surface area contributed by atoms with E-state index in [9.17, 15) is 0 Å². The molecule has 0 N–H and O–H groups in total. The second kappa shape index (κ2) is 2.87. The molecule has 0 aromatic heterocycles. The van der Waals surface area contributed by atoms with Crippen molar-refractivity contribution < 1.29 is 0 Å². The van der Waals surface area contributed by atoms with Crippen molar-refractivity contribution in [3.05, 3.63) is 41.4 Å². The molecular weight excluding hydrogens is 156 g/mol. The lowest BCUT2D eigenvalue weighted by molar-refractivity contribution is 0.496. The Kier molecular flexibility index (Phi) is 1.68. The Balaban J connectivity index is 1.94. The van der Waals surface area contributed by atoms with E-state index in [0.29, 0.717) is 0 Å². The molecule has 3 aliphatic rings. The van der Waals surface area contributed by atoms with Gasteiger partial charge in [0, 0.05) is 12.3 Å². The highest BCUT2D eigenvalue weighted by atomic mass is 14.3. The monoisotopic (exact) mass is 171 g/mol. The molecule has 1 fully saturated rings. The van der Waals surface area contributed by atoms with Crippen LogP contribution in [0.25, 0.3) is 0 Å². The summed E-state index contributed by atoms with van der Waals surface area (Å²) >= 11 is 0. The maximum absolute atomic E-state index is 2.48. The molecule has 0 amide bonds. The topological polar surface area (TPSA) is 0 Å². The summed E-state index contributed by atoms with van der Waals surface area (Å²) in [6.07, 6.45) is 16.1. The van der Waals surface area contributed by atoms with Gasteiger partial charge in [-0.3, -0.25) is 0 Å². The van der Waals surface area contributed by atoms with E-state index >= 15 is 0 Å². The fraction of sp³-hybridized carbons (Fsp3) is 0.462. The van der Waals surface area contributed by atoms with Gasteiger partial charge in [-0.2, -0.15) is 0 Å². The van der Waals surface area contributed by atoms with E-state index in [0.717, 1.165) is 5.92 Å².